The first kappa shape index (κ1) is 19.1. The summed E-state index contributed by atoms with van der Waals surface area (Å²) in [5.41, 5.74) is 4.28. The van der Waals surface area contributed by atoms with Crippen molar-refractivity contribution in [2.75, 3.05) is 7.11 Å². The average molecular weight is 426 g/mol. The number of hydrogen-bond acceptors (Lipinski definition) is 3. The third kappa shape index (κ3) is 4.03. The van der Waals surface area contributed by atoms with E-state index in [1.807, 2.05) is 55.5 Å². The van der Waals surface area contributed by atoms with E-state index in [9.17, 15) is 9.59 Å². The van der Waals surface area contributed by atoms with Crippen LogP contribution in [0.4, 0.5) is 0 Å². The van der Waals surface area contributed by atoms with Crippen molar-refractivity contribution in [1.29, 1.82) is 0 Å². The van der Waals surface area contributed by atoms with E-state index in [4.69, 9.17) is 4.74 Å². The summed E-state index contributed by atoms with van der Waals surface area (Å²) in [6, 6.07) is 15.6. The fourth-order valence-electron chi connectivity index (χ4n) is 3.02. The molecule has 0 spiro atoms. The van der Waals surface area contributed by atoms with E-state index >= 15 is 0 Å². The van der Waals surface area contributed by atoms with E-state index in [-0.39, 0.29) is 5.91 Å². The zero-order chi connectivity index (χ0) is 19.6. The molecule has 1 heterocycles. The number of allylic oxidation sites excluding steroid dienone is 1. The Morgan fingerprint density at radius 1 is 1.07 bits per heavy atom. The third-order valence-corrected chi connectivity index (χ3v) is 5.07. The summed E-state index contributed by atoms with van der Waals surface area (Å²) < 4.78 is 5.88. The topological polar surface area (TPSA) is 46.6 Å². The minimum absolute atomic E-state index is 0.198. The molecule has 2 aromatic rings. The Morgan fingerprint density at radius 2 is 1.70 bits per heavy atom. The van der Waals surface area contributed by atoms with E-state index in [1.165, 1.54) is 7.11 Å². The summed E-state index contributed by atoms with van der Waals surface area (Å²) in [7, 11) is 1.33. The number of hydrogen-bond donors (Lipinski definition) is 0. The second-order valence-electron chi connectivity index (χ2n) is 6.44. The van der Waals surface area contributed by atoms with Crippen LogP contribution in [0.2, 0.25) is 0 Å². The number of ether oxygens (including phenoxy) is 1. The summed E-state index contributed by atoms with van der Waals surface area (Å²) in [4.78, 5) is 27.1. The van der Waals surface area contributed by atoms with Crippen LogP contribution in [0.1, 0.15) is 23.6 Å². The molecule has 0 saturated carbocycles. The van der Waals surface area contributed by atoms with E-state index < -0.39 is 5.97 Å². The first-order chi connectivity index (χ1) is 12.9. The second-order valence-corrected chi connectivity index (χ2v) is 7.35. The number of benzene rings is 2. The highest BCUT2D eigenvalue weighted by Crippen LogP contribution is 2.33. The van der Waals surface area contributed by atoms with Gasteiger partial charge in [-0.25, -0.2) is 4.79 Å². The van der Waals surface area contributed by atoms with E-state index in [0.29, 0.717) is 23.4 Å². The summed E-state index contributed by atoms with van der Waals surface area (Å²) in [6.07, 6.45) is 1.74. The highest BCUT2D eigenvalue weighted by Gasteiger charge is 2.36. The molecule has 0 atom stereocenters. The van der Waals surface area contributed by atoms with Crippen molar-refractivity contribution in [3.63, 3.8) is 0 Å². The van der Waals surface area contributed by atoms with Crippen LogP contribution in [0.15, 0.2) is 69.8 Å². The van der Waals surface area contributed by atoms with Gasteiger partial charge in [-0.1, -0.05) is 57.9 Å². The van der Waals surface area contributed by atoms with Crippen LogP contribution < -0.4 is 0 Å². The molecule has 3 rings (SSSR count). The molecule has 0 bridgehead atoms. The lowest BCUT2D eigenvalue weighted by molar-refractivity contribution is -0.136. The monoisotopic (exact) mass is 425 g/mol. The van der Waals surface area contributed by atoms with Crippen LogP contribution in [0.25, 0.3) is 6.08 Å². The van der Waals surface area contributed by atoms with Gasteiger partial charge in [0.2, 0.25) is 0 Å². The molecule has 0 aromatic heterocycles. The van der Waals surface area contributed by atoms with Gasteiger partial charge in [-0.3, -0.25) is 4.79 Å². The number of carbonyl (C=O) groups is 2. The summed E-state index contributed by atoms with van der Waals surface area (Å²) in [6.45, 7) is 4.20. The van der Waals surface area contributed by atoms with Gasteiger partial charge in [0.25, 0.3) is 5.91 Å². The molecule has 0 N–H and O–H groups in total. The zero-order valence-electron chi connectivity index (χ0n) is 15.5. The Bertz CT molecular complexity index is 941. The lowest BCUT2D eigenvalue weighted by Crippen LogP contribution is -2.24. The van der Waals surface area contributed by atoms with Gasteiger partial charge in [-0.2, -0.15) is 0 Å². The minimum atomic E-state index is -0.504. The molecule has 0 radical (unpaired) electrons. The van der Waals surface area contributed by atoms with Gasteiger partial charge in [-0.15, -0.1) is 0 Å². The normalized spacial score (nSPS) is 15.6. The van der Waals surface area contributed by atoms with Crippen molar-refractivity contribution in [3.05, 3.63) is 86.5 Å². The van der Waals surface area contributed by atoms with Crippen molar-refractivity contribution < 1.29 is 14.3 Å². The number of carbonyl (C=O) groups excluding carboxylic acids is 2. The smallest absolute Gasteiger partial charge is 0.340 e. The number of halogens is 1. The molecule has 5 heteroatoms. The van der Waals surface area contributed by atoms with Gasteiger partial charge in [-0.05, 0) is 43.2 Å². The van der Waals surface area contributed by atoms with Gasteiger partial charge in [0.05, 0.1) is 24.8 Å². The van der Waals surface area contributed by atoms with Crippen molar-refractivity contribution in [2.24, 2.45) is 0 Å². The third-order valence-electron chi connectivity index (χ3n) is 4.54. The molecule has 27 heavy (non-hydrogen) atoms. The van der Waals surface area contributed by atoms with Crippen molar-refractivity contribution in [1.82, 2.24) is 4.90 Å². The summed E-state index contributed by atoms with van der Waals surface area (Å²) in [5, 5.41) is 0. The van der Waals surface area contributed by atoms with Crippen molar-refractivity contribution >= 4 is 33.9 Å². The lowest BCUT2D eigenvalue weighted by atomic mass is 10.0. The molecular weight excluding hydrogens is 406 g/mol. The Morgan fingerprint density at radius 3 is 2.30 bits per heavy atom. The lowest BCUT2D eigenvalue weighted by Gasteiger charge is -2.18. The van der Waals surface area contributed by atoms with Crippen molar-refractivity contribution in [3.8, 4) is 0 Å². The van der Waals surface area contributed by atoms with Gasteiger partial charge < -0.3 is 9.64 Å². The number of amides is 1. The fourth-order valence-corrected chi connectivity index (χ4v) is 3.28. The molecule has 138 valence electrons. The largest absolute Gasteiger partial charge is 0.465 e. The molecule has 0 unspecified atom stereocenters. The molecule has 1 aliphatic rings. The average Bonchev–Trinajstić information content (AvgIpc) is 2.89. The van der Waals surface area contributed by atoms with Gasteiger partial charge in [0, 0.05) is 10.2 Å². The number of methoxy groups -OCH3 is 1. The van der Waals surface area contributed by atoms with Crippen LogP contribution in [0.5, 0.6) is 0 Å². The molecule has 0 aliphatic carbocycles. The molecular formula is C22H20BrNO3. The van der Waals surface area contributed by atoms with Gasteiger partial charge >= 0.3 is 5.97 Å². The molecule has 2 aromatic carbocycles. The standard InChI is InChI=1S/C22H20BrNO3/c1-14-4-6-17(7-5-14)13-24-15(2)20(22(26)27-3)19(21(24)25)12-16-8-10-18(23)11-9-16/h4-12H,13H2,1-3H3. The van der Waals surface area contributed by atoms with E-state index in [1.54, 1.807) is 17.9 Å². The van der Waals surface area contributed by atoms with Crippen LogP contribution >= 0.6 is 15.9 Å². The maximum Gasteiger partial charge on any atom is 0.340 e. The summed E-state index contributed by atoms with van der Waals surface area (Å²) >= 11 is 3.40. The number of esters is 1. The molecule has 0 fully saturated rings. The minimum Gasteiger partial charge on any atom is -0.465 e. The predicted molar refractivity (Wildman–Crippen MR) is 109 cm³/mol. The number of aryl methyl sites for hydroxylation is 1. The fraction of sp³-hybridized carbons (Fsp3) is 0.182. The Labute approximate surface area is 167 Å². The van der Waals surface area contributed by atoms with Crippen LogP contribution in [-0.4, -0.2) is 23.9 Å². The number of nitrogens with zero attached hydrogens (tertiary/aromatic N) is 1. The SMILES string of the molecule is COC(=O)C1=C(C)N(Cc2ccc(C)cc2)C(=O)C1=Cc1ccc(Br)cc1. The van der Waals surface area contributed by atoms with Crippen LogP contribution in [0.3, 0.4) is 0 Å². The maximum atomic E-state index is 13.1. The molecule has 1 aliphatic heterocycles. The quantitative estimate of drug-likeness (QED) is 0.529. The summed E-state index contributed by atoms with van der Waals surface area (Å²) in [5.74, 6) is -0.702. The Kier molecular flexibility index (Phi) is 5.61. The van der Waals surface area contributed by atoms with Crippen molar-refractivity contribution in [2.45, 2.75) is 20.4 Å². The highest BCUT2D eigenvalue weighted by molar-refractivity contribution is 9.10. The van der Waals surface area contributed by atoms with E-state index in [0.717, 1.165) is 21.2 Å². The molecule has 4 nitrogen and oxygen atoms in total. The Hall–Kier alpha value is -2.66. The van der Waals surface area contributed by atoms with E-state index in [2.05, 4.69) is 15.9 Å². The first-order valence-electron chi connectivity index (χ1n) is 8.55. The first-order valence-corrected chi connectivity index (χ1v) is 9.34. The Balaban J connectivity index is 2.00. The van der Waals surface area contributed by atoms with Gasteiger partial charge in [0.15, 0.2) is 0 Å². The van der Waals surface area contributed by atoms with Gasteiger partial charge in [0.1, 0.15) is 0 Å². The molecule has 1 amide bonds. The zero-order valence-corrected chi connectivity index (χ0v) is 17.0. The maximum absolute atomic E-state index is 13.1. The predicted octanol–water partition coefficient (Wildman–Crippen LogP) is 4.63. The highest BCUT2D eigenvalue weighted by atomic mass is 79.9. The van der Waals surface area contributed by atoms with Crippen LogP contribution in [-0.2, 0) is 20.9 Å². The van der Waals surface area contributed by atoms with Crippen LogP contribution in [0, 0.1) is 6.92 Å². The molecule has 0 saturated heterocycles. The second kappa shape index (κ2) is 7.92. The number of rotatable bonds is 4.